The fourth-order valence-corrected chi connectivity index (χ4v) is 1.59. The van der Waals surface area contributed by atoms with Gasteiger partial charge in [0.1, 0.15) is 0 Å². The van der Waals surface area contributed by atoms with Gasteiger partial charge in [0.2, 0.25) is 0 Å². The van der Waals surface area contributed by atoms with E-state index in [0.29, 0.717) is 12.1 Å². The Labute approximate surface area is 128 Å². The number of aliphatic hydroxyl groups is 1. The topological polar surface area (TPSA) is 20.2 Å². The highest BCUT2D eigenvalue weighted by molar-refractivity contribution is 6.32. The molecule has 0 saturated carbocycles. The van der Waals surface area contributed by atoms with Crippen LogP contribution in [-0.2, 0) is 6.18 Å². The van der Waals surface area contributed by atoms with Crippen molar-refractivity contribution >= 4 is 17.7 Å². The molecule has 1 aromatic carbocycles. The van der Waals surface area contributed by atoms with Gasteiger partial charge in [-0.3, -0.25) is 0 Å². The minimum absolute atomic E-state index is 0.0263. The second-order valence-electron chi connectivity index (χ2n) is 4.33. The summed E-state index contributed by atoms with van der Waals surface area (Å²) in [6.45, 7) is 0. The highest BCUT2D eigenvalue weighted by Crippen LogP contribution is 2.44. The molecule has 0 aliphatic rings. The summed E-state index contributed by atoms with van der Waals surface area (Å²) in [5.74, 6) is 0. The van der Waals surface area contributed by atoms with Crippen molar-refractivity contribution in [2.75, 3.05) is 0 Å². The first-order chi connectivity index (χ1) is 10.1. The lowest BCUT2D eigenvalue weighted by molar-refractivity contribution is -0.347. The molecule has 0 aromatic heterocycles. The van der Waals surface area contributed by atoms with Crippen molar-refractivity contribution in [2.45, 2.75) is 24.1 Å². The maximum atomic E-state index is 12.5. The Morgan fingerprint density at radius 1 is 0.870 bits per heavy atom. The monoisotopic (exact) mass is 372 g/mol. The van der Waals surface area contributed by atoms with Gasteiger partial charge in [-0.25, -0.2) is 0 Å². The summed E-state index contributed by atoms with van der Waals surface area (Å²) in [6.07, 6.45) is -17.8. The second kappa shape index (κ2) is 5.90. The van der Waals surface area contributed by atoms with Gasteiger partial charge in [-0.15, -0.1) is 0 Å². The molecular formula is C12H6ClF9O. The number of hydrogen-bond acceptors (Lipinski definition) is 1. The Morgan fingerprint density at radius 3 is 1.74 bits per heavy atom. The summed E-state index contributed by atoms with van der Waals surface area (Å²) < 4.78 is 112. The standard InChI is InChI=1S/C12H6ClF9O/c13-8-2-1-7(10(14,15)16)5-6(8)3-4-9(23,11(17,18)19)12(20,21)22/h1-5,23H/b4-3+. The van der Waals surface area contributed by atoms with Crippen LogP contribution in [0, 0.1) is 0 Å². The molecule has 0 aliphatic heterocycles. The van der Waals surface area contributed by atoms with E-state index in [1.807, 2.05) is 0 Å². The number of benzene rings is 1. The van der Waals surface area contributed by atoms with Gasteiger partial charge < -0.3 is 5.11 Å². The molecule has 0 atom stereocenters. The molecule has 1 nitrogen and oxygen atoms in total. The van der Waals surface area contributed by atoms with Gasteiger partial charge in [-0.05, 0) is 29.8 Å². The zero-order chi connectivity index (χ0) is 18.3. The van der Waals surface area contributed by atoms with Crippen LogP contribution < -0.4 is 0 Å². The quantitative estimate of drug-likeness (QED) is 0.705. The Morgan fingerprint density at radius 2 is 1.35 bits per heavy atom. The van der Waals surface area contributed by atoms with E-state index < -0.39 is 46.4 Å². The Hall–Kier alpha value is -1.42. The van der Waals surface area contributed by atoms with Crippen molar-refractivity contribution in [3.63, 3.8) is 0 Å². The van der Waals surface area contributed by atoms with Gasteiger partial charge in [-0.2, -0.15) is 39.5 Å². The molecule has 0 unspecified atom stereocenters. The molecule has 0 amide bonds. The zero-order valence-electron chi connectivity index (χ0n) is 10.6. The summed E-state index contributed by atoms with van der Waals surface area (Å²) in [6, 6.07) is 1.41. The van der Waals surface area contributed by atoms with Crippen molar-refractivity contribution < 1.29 is 44.6 Å². The highest BCUT2D eigenvalue weighted by atomic mass is 35.5. The fraction of sp³-hybridized carbons (Fsp3) is 0.333. The molecular weight excluding hydrogens is 367 g/mol. The third kappa shape index (κ3) is 4.11. The van der Waals surface area contributed by atoms with E-state index >= 15 is 0 Å². The van der Waals surface area contributed by atoms with E-state index in [2.05, 4.69) is 0 Å². The van der Waals surface area contributed by atoms with Crippen molar-refractivity contribution in [1.29, 1.82) is 0 Å². The number of alkyl halides is 9. The van der Waals surface area contributed by atoms with Crippen LogP contribution in [0.1, 0.15) is 11.1 Å². The van der Waals surface area contributed by atoms with E-state index in [-0.39, 0.29) is 12.1 Å². The lowest BCUT2D eigenvalue weighted by atomic mass is 10.00. The lowest BCUT2D eigenvalue weighted by Gasteiger charge is -2.29. The van der Waals surface area contributed by atoms with Crippen LogP contribution in [0.15, 0.2) is 24.3 Å². The molecule has 1 N–H and O–H groups in total. The summed E-state index contributed by atoms with van der Waals surface area (Å²) in [4.78, 5) is 0. The molecule has 1 aromatic rings. The minimum atomic E-state index is -6.13. The first kappa shape index (κ1) is 19.6. The van der Waals surface area contributed by atoms with Crippen molar-refractivity contribution in [3.8, 4) is 0 Å². The molecule has 0 radical (unpaired) electrons. The van der Waals surface area contributed by atoms with Gasteiger partial charge >= 0.3 is 18.5 Å². The lowest BCUT2D eigenvalue weighted by Crippen LogP contribution is -2.55. The molecule has 0 fully saturated rings. The van der Waals surface area contributed by atoms with E-state index in [4.69, 9.17) is 16.7 Å². The molecule has 0 bridgehead atoms. The van der Waals surface area contributed by atoms with Crippen LogP contribution in [-0.4, -0.2) is 23.1 Å². The van der Waals surface area contributed by atoms with Crippen molar-refractivity contribution in [2.24, 2.45) is 0 Å². The fourth-order valence-electron chi connectivity index (χ4n) is 1.41. The zero-order valence-corrected chi connectivity index (χ0v) is 11.4. The Kier molecular flexibility index (Phi) is 5.03. The predicted molar refractivity (Wildman–Crippen MR) is 62.5 cm³/mol. The van der Waals surface area contributed by atoms with Crippen LogP contribution in [0.3, 0.4) is 0 Å². The molecule has 130 valence electrons. The van der Waals surface area contributed by atoms with E-state index in [1.54, 1.807) is 0 Å². The number of halogens is 10. The van der Waals surface area contributed by atoms with E-state index in [0.717, 1.165) is 0 Å². The minimum Gasteiger partial charge on any atom is -0.370 e. The maximum absolute atomic E-state index is 12.5. The summed E-state index contributed by atoms with van der Waals surface area (Å²) in [7, 11) is 0. The van der Waals surface area contributed by atoms with Crippen LogP contribution in [0.2, 0.25) is 5.02 Å². The number of hydrogen-bond donors (Lipinski definition) is 1. The molecule has 11 heteroatoms. The number of rotatable bonds is 2. The molecule has 0 aliphatic carbocycles. The van der Waals surface area contributed by atoms with Crippen LogP contribution in [0.5, 0.6) is 0 Å². The third-order valence-electron chi connectivity index (χ3n) is 2.69. The summed E-state index contributed by atoms with van der Waals surface area (Å²) in [5, 5.41) is 8.34. The maximum Gasteiger partial charge on any atom is 0.430 e. The van der Waals surface area contributed by atoms with Crippen LogP contribution >= 0.6 is 11.6 Å². The molecule has 23 heavy (non-hydrogen) atoms. The second-order valence-corrected chi connectivity index (χ2v) is 4.74. The molecule has 1 rings (SSSR count). The highest BCUT2D eigenvalue weighted by Gasteiger charge is 2.68. The average molecular weight is 373 g/mol. The summed E-state index contributed by atoms with van der Waals surface area (Å²) in [5.41, 5.74) is -7.32. The van der Waals surface area contributed by atoms with Gasteiger partial charge in [0.15, 0.2) is 0 Å². The van der Waals surface area contributed by atoms with Crippen molar-refractivity contribution in [1.82, 2.24) is 0 Å². The predicted octanol–water partition coefficient (Wildman–Crippen LogP) is 5.23. The summed E-state index contributed by atoms with van der Waals surface area (Å²) >= 11 is 5.44. The molecule has 0 heterocycles. The van der Waals surface area contributed by atoms with E-state index in [1.165, 1.54) is 0 Å². The smallest absolute Gasteiger partial charge is 0.370 e. The Balaban J connectivity index is 3.37. The average Bonchev–Trinajstić information content (AvgIpc) is 2.33. The molecule has 0 saturated heterocycles. The third-order valence-corrected chi connectivity index (χ3v) is 3.04. The van der Waals surface area contributed by atoms with Crippen LogP contribution in [0.25, 0.3) is 6.08 Å². The Bertz CT molecular complexity index is 584. The first-order valence-electron chi connectivity index (χ1n) is 5.51. The SMILES string of the molecule is OC(/C=C/c1cc(C(F)(F)F)ccc1Cl)(C(F)(F)F)C(F)(F)F. The largest absolute Gasteiger partial charge is 0.430 e. The van der Waals surface area contributed by atoms with Gasteiger partial charge in [-0.1, -0.05) is 17.7 Å². The van der Waals surface area contributed by atoms with Crippen molar-refractivity contribution in [3.05, 3.63) is 40.4 Å². The first-order valence-corrected chi connectivity index (χ1v) is 5.89. The van der Waals surface area contributed by atoms with Gasteiger partial charge in [0, 0.05) is 5.02 Å². The normalized spacial score (nSPS) is 14.6. The van der Waals surface area contributed by atoms with E-state index in [9.17, 15) is 39.5 Å². The van der Waals surface area contributed by atoms with Gasteiger partial charge in [0.25, 0.3) is 5.60 Å². The van der Waals surface area contributed by atoms with Crippen LogP contribution in [0.4, 0.5) is 39.5 Å². The molecule has 0 spiro atoms. The van der Waals surface area contributed by atoms with Gasteiger partial charge in [0.05, 0.1) is 5.56 Å².